The number of likely N-dealkylation sites (tertiary alicyclic amines) is 1. The zero-order valence-electron chi connectivity index (χ0n) is 17.3. The molecule has 0 radical (unpaired) electrons. The summed E-state index contributed by atoms with van der Waals surface area (Å²) in [4.78, 5) is 14.8. The zero-order chi connectivity index (χ0) is 19.6. The number of aryl methyl sites for hydroxylation is 1. The highest BCUT2D eigenvalue weighted by Crippen LogP contribution is 2.32. The molecule has 1 amide bonds. The van der Waals surface area contributed by atoms with Crippen molar-refractivity contribution in [2.45, 2.75) is 32.9 Å². The maximum Gasteiger partial charge on any atom is 0.254 e. The lowest BCUT2D eigenvalue weighted by Gasteiger charge is -2.42. The number of carbonyl (C=O) groups is 1. The van der Waals surface area contributed by atoms with Gasteiger partial charge >= 0.3 is 0 Å². The van der Waals surface area contributed by atoms with E-state index in [4.69, 9.17) is 15.2 Å². The van der Waals surface area contributed by atoms with Crippen LogP contribution in [0.4, 0.5) is 0 Å². The molecule has 0 spiro atoms. The van der Waals surface area contributed by atoms with Gasteiger partial charge in [0.15, 0.2) is 11.5 Å². The SMILES string of the molecule is COc1cc(C(=O)N2CCC(N)C(C)(C)C2)ccc1OCc1cnn(C)c1.Cl.Cl. The number of benzene rings is 1. The number of hydrogen-bond acceptors (Lipinski definition) is 5. The molecule has 1 atom stereocenters. The summed E-state index contributed by atoms with van der Waals surface area (Å²) in [5, 5.41) is 4.12. The van der Waals surface area contributed by atoms with Gasteiger partial charge < -0.3 is 20.1 Å². The molecule has 29 heavy (non-hydrogen) atoms. The van der Waals surface area contributed by atoms with Gasteiger partial charge in [-0.05, 0) is 30.0 Å². The molecule has 2 aromatic rings. The molecule has 1 aliphatic rings. The molecule has 2 heterocycles. The summed E-state index contributed by atoms with van der Waals surface area (Å²) in [6.07, 6.45) is 4.46. The lowest BCUT2D eigenvalue weighted by atomic mass is 9.79. The molecule has 1 aromatic heterocycles. The minimum atomic E-state index is -0.0925. The standard InChI is InChI=1S/C20H28N4O3.2ClH/c1-20(2)13-24(8-7-18(20)21)19(25)15-5-6-16(17(9-15)26-4)27-12-14-10-22-23(3)11-14;;/h5-6,9-11,18H,7-8,12-13,21H2,1-4H3;2*1H. The van der Waals surface area contributed by atoms with Crippen LogP contribution in [0, 0.1) is 5.41 Å². The van der Waals surface area contributed by atoms with Gasteiger partial charge in [-0.2, -0.15) is 5.10 Å². The molecule has 9 heteroatoms. The number of nitrogens with two attached hydrogens (primary N) is 1. The molecule has 0 aliphatic carbocycles. The number of hydrogen-bond donors (Lipinski definition) is 1. The number of ether oxygens (including phenoxy) is 2. The number of nitrogens with zero attached hydrogens (tertiary/aromatic N) is 3. The van der Waals surface area contributed by atoms with E-state index in [-0.39, 0.29) is 42.2 Å². The van der Waals surface area contributed by atoms with E-state index in [1.807, 2.05) is 18.1 Å². The summed E-state index contributed by atoms with van der Waals surface area (Å²) in [6.45, 7) is 5.91. The average molecular weight is 445 g/mol. The number of halogens is 2. The number of methoxy groups -OCH3 is 1. The maximum absolute atomic E-state index is 12.9. The zero-order valence-corrected chi connectivity index (χ0v) is 18.9. The summed E-state index contributed by atoms with van der Waals surface area (Å²) >= 11 is 0. The average Bonchev–Trinajstić information content (AvgIpc) is 3.06. The van der Waals surface area contributed by atoms with E-state index in [2.05, 4.69) is 18.9 Å². The van der Waals surface area contributed by atoms with Crippen LogP contribution in [-0.2, 0) is 13.7 Å². The third-order valence-electron chi connectivity index (χ3n) is 5.16. The van der Waals surface area contributed by atoms with Crippen LogP contribution in [0.15, 0.2) is 30.6 Å². The summed E-state index contributed by atoms with van der Waals surface area (Å²) < 4.78 is 13.0. The van der Waals surface area contributed by atoms with Crippen molar-refractivity contribution >= 4 is 30.7 Å². The summed E-state index contributed by atoms with van der Waals surface area (Å²) in [6, 6.07) is 5.41. The fourth-order valence-electron chi connectivity index (χ4n) is 3.36. The van der Waals surface area contributed by atoms with Crippen LogP contribution in [0.3, 0.4) is 0 Å². The lowest BCUT2D eigenvalue weighted by Crippen LogP contribution is -2.53. The van der Waals surface area contributed by atoms with Crippen LogP contribution in [0.5, 0.6) is 11.5 Å². The number of aromatic nitrogens is 2. The Kier molecular flexibility index (Phi) is 8.81. The highest BCUT2D eigenvalue weighted by molar-refractivity contribution is 5.95. The lowest BCUT2D eigenvalue weighted by molar-refractivity contribution is 0.0532. The van der Waals surface area contributed by atoms with E-state index in [1.165, 1.54) is 0 Å². The van der Waals surface area contributed by atoms with E-state index in [9.17, 15) is 4.79 Å². The van der Waals surface area contributed by atoms with Gasteiger partial charge in [0.05, 0.1) is 13.3 Å². The van der Waals surface area contributed by atoms with Crippen LogP contribution in [-0.4, -0.2) is 46.8 Å². The first kappa shape index (κ1) is 25.1. The predicted octanol–water partition coefficient (Wildman–Crippen LogP) is 3.05. The van der Waals surface area contributed by atoms with Gasteiger partial charge in [0, 0.05) is 43.5 Å². The largest absolute Gasteiger partial charge is 0.493 e. The van der Waals surface area contributed by atoms with E-state index in [0.717, 1.165) is 12.0 Å². The summed E-state index contributed by atoms with van der Waals surface area (Å²) in [7, 11) is 3.43. The minimum Gasteiger partial charge on any atom is -0.493 e. The van der Waals surface area contributed by atoms with Crippen molar-refractivity contribution in [3.05, 3.63) is 41.7 Å². The Hall–Kier alpha value is -1.96. The third-order valence-corrected chi connectivity index (χ3v) is 5.16. The molecule has 2 N–H and O–H groups in total. The molecular weight excluding hydrogens is 415 g/mol. The fourth-order valence-corrected chi connectivity index (χ4v) is 3.36. The van der Waals surface area contributed by atoms with Crippen molar-refractivity contribution in [3.8, 4) is 11.5 Å². The Morgan fingerprint density at radius 3 is 2.62 bits per heavy atom. The van der Waals surface area contributed by atoms with E-state index in [1.54, 1.807) is 36.2 Å². The second kappa shape index (κ2) is 10.2. The number of piperidine rings is 1. The van der Waals surface area contributed by atoms with Gasteiger partial charge in [-0.1, -0.05) is 13.8 Å². The molecule has 162 valence electrons. The van der Waals surface area contributed by atoms with Crippen molar-refractivity contribution in [2.75, 3.05) is 20.2 Å². The first-order chi connectivity index (χ1) is 12.8. The van der Waals surface area contributed by atoms with Crippen molar-refractivity contribution in [3.63, 3.8) is 0 Å². The Morgan fingerprint density at radius 2 is 2.03 bits per heavy atom. The maximum atomic E-state index is 12.9. The second-order valence-electron chi connectivity index (χ2n) is 7.79. The van der Waals surface area contributed by atoms with Crippen LogP contribution in [0.1, 0.15) is 36.2 Å². The van der Waals surface area contributed by atoms with Gasteiger partial charge in [0.25, 0.3) is 5.91 Å². The molecule has 1 aromatic carbocycles. The molecule has 1 aliphatic heterocycles. The van der Waals surface area contributed by atoms with Gasteiger partial charge in [0.2, 0.25) is 0 Å². The van der Waals surface area contributed by atoms with Gasteiger partial charge in [-0.15, -0.1) is 24.8 Å². The molecule has 0 bridgehead atoms. The second-order valence-corrected chi connectivity index (χ2v) is 7.79. The Balaban J connectivity index is 0.00000210. The van der Waals surface area contributed by atoms with Crippen LogP contribution < -0.4 is 15.2 Å². The van der Waals surface area contributed by atoms with E-state index >= 15 is 0 Å². The molecule has 1 unspecified atom stereocenters. The van der Waals surface area contributed by atoms with Crippen molar-refractivity contribution in [2.24, 2.45) is 18.2 Å². The molecule has 1 fully saturated rings. The smallest absolute Gasteiger partial charge is 0.254 e. The van der Waals surface area contributed by atoms with Gasteiger partial charge in [-0.25, -0.2) is 0 Å². The fraction of sp³-hybridized carbons (Fsp3) is 0.500. The van der Waals surface area contributed by atoms with Gasteiger partial charge in [-0.3, -0.25) is 9.48 Å². The molecule has 3 rings (SSSR count). The minimum absolute atomic E-state index is 0. The quantitative estimate of drug-likeness (QED) is 0.765. The number of amides is 1. The number of carbonyl (C=O) groups excluding carboxylic acids is 1. The predicted molar refractivity (Wildman–Crippen MR) is 117 cm³/mol. The molecular formula is C20H30Cl2N4O3. The highest BCUT2D eigenvalue weighted by atomic mass is 35.5. The normalized spacial score (nSPS) is 17.7. The van der Waals surface area contributed by atoms with Gasteiger partial charge in [0.1, 0.15) is 6.61 Å². The Morgan fingerprint density at radius 1 is 1.31 bits per heavy atom. The molecule has 1 saturated heterocycles. The number of rotatable bonds is 5. The molecule has 0 saturated carbocycles. The highest BCUT2D eigenvalue weighted by Gasteiger charge is 2.35. The van der Waals surface area contributed by atoms with E-state index in [0.29, 0.717) is 36.8 Å². The van der Waals surface area contributed by atoms with Crippen molar-refractivity contribution in [1.29, 1.82) is 0 Å². The Bertz CT molecular complexity index is 826. The van der Waals surface area contributed by atoms with E-state index < -0.39 is 0 Å². The first-order valence-corrected chi connectivity index (χ1v) is 9.13. The molecule has 7 nitrogen and oxygen atoms in total. The summed E-state index contributed by atoms with van der Waals surface area (Å²) in [5.41, 5.74) is 7.64. The van der Waals surface area contributed by atoms with Crippen molar-refractivity contribution in [1.82, 2.24) is 14.7 Å². The topological polar surface area (TPSA) is 82.6 Å². The van der Waals surface area contributed by atoms with Crippen LogP contribution in [0.2, 0.25) is 0 Å². The monoisotopic (exact) mass is 444 g/mol. The Labute approximate surface area is 184 Å². The van der Waals surface area contributed by atoms with Crippen LogP contribution in [0.25, 0.3) is 0 Å². The third kappa shape index (κ3) is 5.78. The first-order valence-electron chi connectivity index (χ1n) is 9.13. The summed E-state index contributed by atoms with van der Waals surface area (Å²) in [5.74, 6) is 1.13. The van der Waals surface area contributed by atoms with Crippen molar-refractivity contribution < 1.29 is 14.3 Å². The van der Waals surface area contributed by atoms with Crippen LogP contribution >= 0.6 is 24.8 Å².